The average Bonchev–Trinajstić information content (AvgIpc) is 2.60. The Balaban J connectivity index is 1.79. The maximum atomic E-state index is 13.2. The Labute approximate surface area is 157 Å². The Hall–Kier alpha value is -1.12. The smallest absolute Gasteiger partial charge is 0.311 e. The molecule has 0 aromatic carbocycles. The first-order chi connectivity index (χ1) is 12.2. The molecule has 3 nitrogen and oxygen atoms in total. The first kappa shape index (κ1) is 18.3. The topological polar surface area (TPSA) is 43.4 Å². The Morgan fingerprint density at radius 3 is 2.58 bits per heavy atom. The van der Waals surface area contributed by atoms with Crippen molar-refractivity contribution in [3.63, 3.8) is 0 Å². The van der Waals surface area contributed by atoms with Crippen LogP contribution < -0.4 is 0 Å². The van der Waals surface area contributed by atoms with Gasteiger partial charge in [0.25, 0.3) is 0 Å². The zero-order valence-corrected chi connectivity index (χ0v) is 17.1. The van der Waals surface area contributed by atoms with Gasteiger partial charge in [0.2, 0.25) is 0 Å². The fourth-order valence-corrected chi connectivity index (χ4v) is 7.76. The first-order valence-corrected chi connectivity index (χ1v) is 10.5. The lowest BCUT2D eigenvalue weighted by molar-refractivity contribution is -0.185. The van der Waals surface area contributed by atoms with Crippen molar-refractivity contribution in [2.75, 3.05) is 7.11 Å². The van der Waals surface area contributed by atoms with Crippen LogP contribution in [0.2, 0.25) is 0 Å². The standard InChI is InChI=1S/C23H34O3/c1-14(2)16-13-23-10-7-17-21(3,18(23)11-15(16)12-19(23)24)8-6-9-22(17,4)20(25)26-5/h13-15,17-18H,6-12H2,1-5H3/t15-,17?,18?,21+,22-,23+/m1/s1. The van der Waals surface area contributed by atoms with Crippen LogP contribution in [0.5, 0.6) is 0 Å². The molecule has 0 heterocycles. The van der Waals surface area contributed by atoms with E-state index in [1.165, 1.54) is 12.7 Å². The van der Waals surface area contributed by atoms with Crippen molar-refractivity contribution in [2.24, 2.45) is 39.9 Å². The van der Waals surface area contributed by atoms with Crippen molar-refractivity contribution in [3.05, 3.63) is 11.6 Å². The summed E-state index contributed by atoms with van der Waals surface area (Å²) in [5.74, 6) is 2.12. The second kappa shape index (κ2) is 5.69. The highest BCUT2D eigenvalue weighted by molar-refractivity contribution is 5.90. The van der Waals surface area contributed by atoms with E-state index in [0.29, 0.717) is 29.5 Å². The summed E-state index contributed by atoms with van der Waals surface area (Å²) in [5.41, 5.74) is 0.934. The molecule has 6 atom stereocenters. The molecule has 2 bridgehead atoms. The summed E-state index contributed by atoms with van der Waals surface area (Å²) >= 11 is 0. The molecular weight excluding hydrogens is 324 g/mol. The molecule has 1 spiro atoms. The number of rotatable bonds is 2. The number of carbonyl (C=O) groups excluding carboxylic acids is 2. The molecular formula is C23H34O3. The molecule has 0 aromatic heterocycles. The number of carbonyl (C=O) groups is 2. The van der Waals surface area contributed by atoms with Crippen LogP contribution in [-0.2, 0) is 14.3 Å². The van der Waals surface area contributed by atoms with Gasteiger partial charge in [0.15, 0.2) is 0 Å². The molecule has 5 aliphatic carbocycles. The fourth-order valence-electron chi connectivity index (χ4n) is 7.76. The molecule has 0 radical (unpaired) electrons. The van der Waals surface area contributed by atoms with Crippen LogP contribution in [0.3, 0.4) is 0 Å². The zero-order valence-electron chi connectivity index (χ0n) is 17.1. The molecule has 2 unspecified atom stereocenters. The van der Waals surface area contributed by atoms with Gasteiger partial charge in [0, 0.05) is 6.42 Å². The van der Waals surface area contributed by atoms with E-state index in [9.17, 15) is 9.59 Å². The summed E-state index contributed by atoms with van der Waals surface area (Å²) in [6, 6.07) is 0. The molecule has 0 aliphatic heterocycles. The van der Waals surface area contributed by atoms with Gasteiger partial charge < -0.3 is 4.74 Å². The molecule has 3 heteroatoms. The lowest BCUT2D eigenvalue weighted by Gasteiger charge is -2.65. The minimum absolute atomic E-state index is 0.0462. The third kappa shape index (κ3) is 2.12. The van der Waals surface area contributed by atoms with Crippen LogP contribution in [-0.4, -0.2) is 18.9 Å². The van der Waals surface area contributed by atoms with Crippen LogP contribution in [0.1, 0.15) is 72.6 Å². The third-order valence-electron chi connectivity index (χ3n) is 8.93. The minimum atomic E-state index is -0.395. The first-order valence-electron chi connectivity index (χ1n) is 10.5. The maximum absolute atomic E-state index is 13.2. The number of methoxy groups -OCH3 is 1. The van der Waals surface area contributed by atoms with Gasteiger partial charge >= 0.3 is 5.97 Å². The van der Waals surface area contributed by atoms with Crippen molar-refractivity contribution in [1.29, 1.82) is 0 Å². The van der Waals surface area contributed by atoms with Gasteiger partial charge in [-0.1, -0.05) is 38.8 Å². The van der Waals surface area contributed by atoms with Crippen LogP contribution in [0, 0.1) is 39.9 Å². The third-order valence-corrected chi connectivity index (χ3v) is 8.93. The van der Waals surface area contributed by atoms with Crippen molar-refractivity contribution in [1.82, 2.24) is 0 Å². The van der Waals surface area contributed by atoms with Gasteiger partial charge in [0.05, 0.1) is 17.9 Å². The van der Waals surface area contributed by atoms with Gasteiger partial charge in [0.1, 0.15) is 5.78 Å². The predicted molar refractivity (Wildman–Crippen MR) is 101 cm³/mol. The fraction of sp³-hybridized carbons (Fsp3) is 0.826. The largest absolute Gasteiger partial charge is 0.469 e. The van der Waals surface area contributed by atoms with E-state index in [4.69, 9.17) is 4.74 Å². The van der Waals surface area contributed by atoms with E-state index < -0.39 is 5.41 Å². The molecule has 144 valence electrons. The van der Waals surface area contributed by atoms with Crippen molar-refractivity contribution in [2.45, 2.75) is 72.6 Å². The molecule has 0 aromatic rings. The van der Waals surface area contributed by atoms with Crippen molar-refractivity contribution in [3.8, 4) is 0 Å². The van der Waals surface area contributed by atoms with E-state index in [-0.39, 0.29) is 16.8 Å². The Bertz CT molecular complexity index is 677. The highest BCUT2D eigenvalue weighted by atomic mass is 16.5. The van der Waals surface area contributed by atoms with Crippen LogP contribution in [0.25, 0.3) is 0 Å². The van der Waals surface area contributed by atoms with Gasteiger partial charge in [-0.2, -0.15) is 0 Å². The number of hydrogen-bond acceptors (Lipinski definition) is 3. The lowest BCUT2D eigenvalue weighted by atomic mass is 9.37. The number of esters is 1. The zero-order chi connectivity index (χ0) is 18.9. The minimum Gasteiger partial charge on any atom is -0.469 e. The van der Waals surface area contributed by atoms with Crippen molar-refractivity contribution >= 4 is 11.8 Å². The number of ketones is 1. The van der Waals surface area contributed by atoms with E-state index in [2.05, 4.69) is 33.8 Å². The summed E-state index contributed by atoms with van der Waals surface area (Å²) < 4.78 is 5.23. The highest BCUT2D eigenvalue weighted by Crippen LogP contribution is 2.70. The highest BCUT2D eigenvalue weighted by Gasteiger charge is 2.67. The monoisotopic (exact) mass is 358 g/mol. The molecule has 26 heavy (non-hydrogen) atoms. The molecule has 3 saturated carbocycles. The quantitative estimate of drug-likeness (QED) is 0.518. The van der Waals surface area contributed by atoms with E-state index in [1.54, 1.807) is 0 Å². The Kier molecular flexibility index (Phi) is 3.99. The number of ether oxygens (including phenoxy) is 1. The average molecular weight is 359 g/mol. The van der Waals surface area contributed by atoms with Crippen LogP contribution in [0.15, 0.2) is 11.6 Å². The summed E-state index contributed by atoms with van der Waals surface area (Å²) in [6.45, 7) is 9.05. The predicted octanol–water partition coefficient (Wildman–Crippen LogP) is 4.94. The lowest BCUT2D eigenvalue weighted by Crippen LogP contribution is -2.63. The molecule has 5 rings (SSSR count). The van der Waals surface area contributed by atoms with Gasteiger partial charge in [-0.25, -0.2) is 0 Å². The van der Waals surface area contributed by atoms with Crippen molar-refractivity contribution < 1.29 is 14.3 Å². The number of hydrogen-bond donors (Lipinski definition) is 0. The van der Waals surface area contributed by atoms with Gasteiger partial charge in [-0.15, -0.1) is 0 Å². The Morgan fingerprint density at radius 1 is 1.19 bits per heavy atom. The van der Waals surface area contributed by atoms with Gasteiger partial charge in [-0.05, 0) is 68.1 Å². The number of fused-ring (bicyclic) bond motifs is 2. The van der Waals surface area contributed by atoms with Gasteiger partial charge in [-0.3, -0.25) is 9.59 Å². The molecule has 0 N–H and O–H groups in total. The second-order valence-electron chi connectivity index (χ2n) is 10.3. The second-order valence-corrected chi connectivity index (χ2v) is 10.3. The molecule has 3 fully saturated rings. The SMILES string of the molecule is COC(=O)[C@]1(C)CCC[C@@]2(C)C1CC[C@@]13C=C(C(C)C)[C@@H](CC1=O)CC23. The molecule has 0 amide bonds. The van der Waals surface area contributed by atoms with E-state index in [0.717, 1.165) is 44.9 Å². The number of allylic oxidation sites excluding steroid dienone is 2. The number of Topliss-reactive ketones (excluding diaryl/α,β-unsaturated/α-hetero) is 1. The normalized spacial score (nSPS) is 47.2. The summed E-state index contributed by atoms with van der Waals surface area (Å²) in [6.07, 6.45) is 9.31. The molecule has 0 saturated heterocycles. The van der Waals surface area contributed by atoms with Crippen LogP contribution >= 0.6 is 0 Å². The van der Waals surface area contributed by atoms with Crippen LogP contribution in [0.4, 0.5) is 0 Å². The maximum Gasteiger partial charge on any atom is 0.311 e. The Morgan fingerprint density at radius 2 is 1.92 bits per heavy atom. The van der Waals surface area contributed by atoms with E-state index >= 15 is 0 Å². The summed E-state index contributed by atoms with van der Waals surface area (Å²) in [7, 11) is 1.52. The molecule has 5 aliphatic rings. The summed E-state index contributed by atoms with van der Waals surface area (Å²) in [4.78, 5) is 25.9. The van der Waals surface area contributed by atoms with E-state index in [1.807, 2.05) is 0 Å². The summed E-state index contributed by atoms with van der Waals surface area (Å²) in [5, 5.41) is 0.